The van der Waals surface area contributed by atoms with Gasteiger partial charge >= 0.3 is 0 Å². The third-order valence-corrected chi connectivity index (χ3v) is 3.51. The summed E-state index contributed by atoms with van der Waals surface area (Å²) >= 11 is 5.93. The molecule has 3 rings (SSSR count). The van der Waals surface area contributed by atoms with E-state index in [-0.39, 0.29) is 5.82 Å². The van der Waals surface area contributed by atoms with Crippen LogP contribution in [0.15, 0.2) is 30.5 Å². The van der Waals surface area contributed by atoms with E-state index in [1.54, 1.807) is 10.7 Å². The summed E-state index contributed by atoms with van der Waals surface area (Å²) in [5.74, 6) is 0.773. The van der Waals surface area contributed by atoms with E-state index in [4.69, 9.17) is 11.6 Å². The quantitative estimate of drug-likeness (QED) is 0.693. The highest BCUT2D eigenvalue weighted by Crippen LogP contribution is 2.19. The van der Waals surface area contributed by atoms with Crippen molar-refractivity contribution in [3.05, 3.63) is 47.8 Å². The molecule has 0 radical (unpaired) electrons. The molecule has 6 heteroatoms. The second-order valence-corrected chi connectivity index (χ2v) is 4.94. The highest BCUT2D eigenvalue weighted by Gasteiger charge is 2.11. The van der Waals surface area contributed by atoms with E-state index in [2.05, 4.69) is 10.1 Å². The lowest BCUT2D eigenvalue weighted by Crippen LogP contribution is -2.05. The van der Waals surface area contributed by atoms with Crippen LogP contribution < -0.4 is 0 Å². The fourth-order valence-electron chi connectivity index (χ4n) is 2.33. The summed E-state index contributed by atoms with van der Waals surface area (Å²) in [4.78, 5) is 4.37. The first-order chi connectivity index (χ1) is 9.67. The second-order valence-electron chi connectivity index (χ2n) is 4.68. The van der Waals surface area contributed by atoms with E-state index >= 15 is 0 Å². The summed E-state index contributed by atoms with van der Waals surface area (Å²) in [6.07, 6.45) is 2.70. The number of fused-ring (bicyclic) bond motifs is 1. The Morgan fingerprint density at radius 1 is 1.30 bits per heavy atom. The maximum Gasteiger partial charge on any atom is 0.125 e. The first kappa shape index (κ1) is 13.1. The Morgan fingerprint density at radius 3 is 2.85 bits per heavy atom. The number of alkyl halides is 1. The average Bonchev–Trinajstić information content (AvgIpc) is 2.99. The van der Waals surface area contributed by atoms with Gasteiger partial charge in [0, 0.05) is 32.3 Å². The highest BCUT2D eigenvalue weighted by molar-refractivity contribution is 6.16. The fourth-order valence-corrected chi connectivity index (χ4v) is 2.53. The summed E-state index contributed by atoms with van der Waals surface area (Å²) in [6, 6.07) is 6.60. The molecule has 2 aromatic heterocycles. The fraction of sp³-hybridized carbons (Fsp3) is 0.286. The largest absolute Gasteiger partial charge is 0.327 e. The Kier molecular flexibility index (Phi) is 3.44. The molecule has 0 spiro atoms. The standard InChI is InChI=1S/C14H14ClFN4/c1-19-6-4-11(18-19)5-7-20-13-3-2-10(16)8-12(13)17-14(20)9-15/h2-4,6,8H,5,7,9H2,1H3. The smallest absolute Gasteiger partial charge is 0.125 e. The van der Waals surface area contributed by atoms with E-state index in [1.165, 1.54) is 12.1 Å². The Hall–Kier alpha value is -1.88. The third-order valence-electron chi connectivity index (χ3n) is 3.27. The van der Waals surface area contributed by atoms with Gasteiger partial charge in [0.05, 0.1) is 22.6 Å². The van der Waals surface area contributed by atoms with Crippen molar-refractivity contribution in [3.8, 4) is 0 Å². The number of rotatable bonds is 4. The van der Waals surface area contributed by atoms with E-state index in [0.29, 0.717) is 11.4 Å². The van der Waals surface area contributed by atoms with Crippen molar-refractivity contribution >= 4 is 22.6 Å². The van der Waals surface area contributed by atoms with Gasteiger partial charge in [0.2, 0.25) is 0 Å². The molecule has 0 bridgehead atoms. The van der Waals surface area contributed by atoms with Crippen LogP contribution in [0.4, 0.5) is 4.39 Å². The molecule has 0 aliphatic carbocycles. The van der Waals surface area contributed by atoms with Crippen LogP contribution in [-0.4, -0.2) is 19.3 Å². The normalized spacial score (nSPS) is 11.3. The number of imidazole rings is 1. The maximum atomic E-state index is 13.2. The number of hydrogen-bond donors (Lipinski definition) is 0. The minimum Gasteiger partial charge on any atom is -0.327 e. The molecule has 0 aliphatic heterocycles. The number of hydrogen-bond acceptors (Lipinski definition) is 2. The van der Waals surface area contributed by atoms with Crippen molar-refractivity contribution in [1.82, 2.24) is 19.3 Å². The average molecular weight is 293 g/mol. The zero-order chi connectivity index (χ0) is 14.1. The van der Waals surface area contributed by atoms with Crippen LogP contribution >= 0.6 is 11.6 Å². The van der Waals surface area contributed by atoms with Crippen LogP contribution in [-0.2, 0) is 25.9 Å². The molecule has 0 N–H and O–H groups in total. The zero-order valence-corrected chi connectivity index (χ0v) is 11.8. The van der Waals surface area contributed by atoms with Gasteiger partial charge in [-0.3, -0.25) is 4.68 Å². The molecule has 0 unspecified atom stereocenters. The van der Waals surface area contributed by atoms with Crippen LogP contribution in [0.5, 0.6) is 0 Å². The molecule has 104 valence electrons. The summed E-state index contributed by atoms with van der Waals surface area (Å²) in [7, 11) is 1.89. The zero-order valence-electron chi connectivity index (χ0n) is 11.1. The van der Waals surface area contributed by atoms with Crippen LogP contribution in [0.1, 0.15) is 11.5 Å². The lowest BCUT2D eigenvalue weighted by molar-refractivity contribution is 0.629. The van der Waals surface area contributed by atoms with Gasteiger partial charge in [-0.25, -0.2) is 9.37 Å². The van der Waals surface area contributed by atoms with Crippen molar-refractivity contribution in [2.45, 2.75) is 18.8 Å². The first-order valence-electron chi connectivity index (χ1n) is 6.36. The highest BCUT2D eigenvalue weighted by atomic mass is 35.5. The topological polar surface area (TPSA) is 35.6 Å². The van der Waals surface area contributed by atoms with Crippen LogP contribution in [0, 0.1) is 5.82 Å². The molecule has 0 fully saturated rings. The molecule has 4 nitrogen and oxygen atoms in total. The molecule has 0 amide bonds. The van der Waals surface area contributed by atoms with Crippen molar-refractivity contribution in [2.75, 3.05) is 0 Å². The van der Waals surface area contributed by atoms with Gasteiger partial charge in [0.1, 0.15) is 11.6 Å². The van der Waals surface area contributed by atoms with Gasteiger partial charge in [-0.05, 0) is 18.2 Å². The number of aromatic nitrogens is 4. The Balaban J connectivity index is 1.93. The minimum absolute atomic E-state index is 0.284. The van der Waals surface area contributed by atoms with E-state index in [9.17, 15) is 4.39 Å². The van der Waals surface area contributed by atoms with Crippen molar-refractivity contribution < 1.29 is 4.39 Å². The van der Waals surface area contributed by atoms with Crippen molar-refractivity contribution in [3.63, 3.8) is 0 Å². The molecular formula is C14H14ClFN4. The lowest BCUT2D eigenvalue weighted by atomic mass is 10.3. The van der Waals surface area contributed by atoms with Crippen LogP contribution in [0.2, 0.25) is 0 Å². The van der Waals surface area contributed by atoms with Gasteiger partial charge in [-0.2, -0.15) is 5.10 Å². The molecule has 0 saturated heterocycles. The van der Waals surface area contributed by atoms with Crippen molar-refractivity contribution in [1.29, 1.82) is 0 Å². The number of halogens is 2. The van der Waals surface area contributed by atoms with Gasteiger partial charge < -0.3 is 4.57 Å². The summed E-state index contributed by atoms with van der Waals surface area (Å²) < 4.78 is 17.0. The van der Waals surface area contributed by atoms with Crippen LogP contribution in [0.25, 0.3) is 11.0 Å². The first-order valence-corrected chi connectivity index (χ1v) is 6.90. The monoisotopic (exact) mass is 292 g/mol. The van der Waals surface area contributed by atoms with Crippen molar-refractivity contribution in [2.24, 2.45) is 7.05 Å². The van der Waals surface area contributed by atoms with Gasteiger partial charge in [-0.15, -0.1) is 11.6 Å². The Labute approximate surface area is 120 Å². The predicted octanol–water partition coefficient (Wildman–Crippen LogP) is 2.89. The Bertz CT molecular complexity index is 747. The Morgan fingerprint density at radius 2 is 2.15 bits per heavy atom. The molecule has 2 heterocycles. The molecule has 3 aromatic rings. The minimum atomic E-state index is -0.284. The van der Waals surface area contributed by atoms with Gasteiger partial charge in [-0.1, -0.05) is 0 Å². The third kappa shape index (κ3) is 2.41. The van der Waals surface area contributed by atoms with E-state index < -0.39 is 0 Å². The number of benzene rings is 1. The number of nitrogens with zero attached hydrogens (tertiary/aromatic N) is 4. The molecular weight excluding hydrogens is 279 g/mol. The SMILES string of the molecule is Cn1ccc(CCn2c(CCl)nc3cc(F)ccc32)n1. The summed E-state index contributed by atoms with van der Waals surface area (Å²) in [5, 5.41) is 4.35. The molecule has 0 atom stereocenters. The maximum absolute atomic E-state index is 13.2. The second kappa shape index (κ2) is 5.25. The molecule has 0 aliphatic rings. The summed E-state index contributed by atoms with van der Waals surface area (Å²) in [5.41, 5.74) is 2.55. The summed E-state index contributed by atoms with van der Waals surface area (Å²) in [6.45, 7) is 0.723. The number of aryl methyl sites for hydroxylation is 3. The molecule has 1 aromatic carbocycles. The van der Waals surface area contributed by atoms with Gasteiger partial charge in [0.25, 0.3) is 0 Å². The predicted molar refractivity (Wildman–Crippen MR) is 76.2 cm³/mol. The van der Waals surface area contributed by atoms with E-state index in [0.717, 1.165) is 30.0 Å². The lowest BCUT2D eigenvalue weighted by Gasteiger charge is -2.06. The van der Waals surface area contributed by atoms with Gasteiger partial charge in [0.15, 0.2) is 0 Å². The molecule has 0 saturated carbocycles. The van der Waals surface area contributed by atoms with Crippen LogP contribution in [0.3, 0.4) is 0 Å². The molecule has 20 heavy (non-hydrogen) atoms. The van der Waals surface area contributed by atoms with E-state index in [1.807, 2.05) is 23.9 Å².